The Balaban J connectivity index is 1.94. The van der Waals surface area contributed by atoms with Crippen LogP contribution >= 0.6 is 15.9 Å². The third kappa shape index (κ3) is 3.03. The summed E-state index contributed by atoms with van der Waals surface area (Å²) in [5.41, 5.74) is 7.23. The molecule has 108 valence electrons. The molecule has 2 aromatic rings. The molecule has 0 fully saturated rings. The van der Waals surface area contributed by atoms with Crippen molar-refractivity contribution in [2.75, 3.05) is 5.32 Å². The van der Waals surface area contributed by atoms with E-state index in [-0.39, 0.29) is 10.7 Å². The molecule has 1 amide bonds. The van der Waals surface area contributed by atoms with Crippen LogP contribution in [0.2, 0.25) is 0 Å². The maximum Gasteiger partial charge on any atom is 0.224 e. The largest absolute Gasteiger partial charge is 0.326 e. The highest BCUT2D eigenvalue weighted by atomic mass is 79.9. The van der Waals surface area contributed by atoms with E-state index in [9.17, 15) is 4.79 Å². The second-order valence-corrected chi connectivity index (χ2v) is 6.66. The molecule has 0 spiro atoms. The predicted octanol–water partition coefficient (Wildman–Crippen LogP) is 4.67. The second-order valence-electron chi connectivity index (χ2n) is 5.75. The number of carbonyl (C=O) groups is 1. The van der Waals surface area contributed by atoms with E-state index < -0.39 is 0 Å². The number of aryl methyl sites for hydroxylation is 3. The van der Waals surface area contributed by atoms with Gasteiger partial charge in [0, 0.05) is 12.1 Å². The summed E-state index contributed by atoms with van der Waals surface area (Å²) in [6.45, 7) is 4.25. The maximum atomic E-state index is 11.4. The van der Waals surface area contributed by atoms with Crippen molar-refractivity contribution in [2.45, 2.75) is 31.5 Å². The van der Waals surface area contributed by atoms with Crippen molar-refractivity contribution < 1.29 is 4.79 Å². The van der Waals surface area contributed by atoms with Gasteiger partial charge in [0.15, 0.2) is 0 Å². The molecule has 1 aliphatic heterocycles. The van der Waals surface area contributed by atoms with Gasteiger partial charge in [0.25, 0.3) is 0 Å². The Kier molecular flexibility index (Phi) is 3.85. The van der Waals surface area contributed by atoms with Crippen LogP contribution in [-0.2, 0) is 11.2 Å². The van der Waals surface area contributed by atoms with Gasteiger partial charge in [-0.15, -0.1) is 0 Å². The number of halogens is 1. The van der Waals surface area contributed by atoms with Crippen LogP contribution in [0.4, 0.5) is 5.69 Å². The van der Waals surface area contributed by atoms with Crippen molar-refractivity contribution in [2.24, 2.45) is 0 Å². The molecule has 3 rings (SSSR count). The molecule has 3 heteroatoms. The van der Waals surface area contributed by atoms with Crippen LogP contribution in [0.1, 0.15) is 39.1 Å². The van der Waals surface area contributed by atoms with Gasteiger partial charge in [-0.25, -0.2) is 0 Å². The average Bonchev–Trinajstić information content (AvgIpc) is 2.45. The topological polar surface area (TPSA) is 29.1 Å². The molecule has 0 saturated heterocycles. The molecule has 21 heavy (non-hydrogen) atoms. The van der Waals surface area contributed by atoms with E-state index in [0.29, 0.717) is 6.42 Å². The summed E-state index contributed by atoms with van der Waals surface area (Å²) in [5, 5.41) is 2.93. The summed E-state index contributed by atoms with van der Waals surface area (Å²) in [7, 11) is 0. The number of carbonyl (C=O) groups excluding carboxylic acids is 1. The Hall–Kier alpha value is -1.61. The predicted molar refractivity (Wildman–Crippen MR) is 90.1 cm³/mol. The molecule has 0 bridgehead atoms. The van der Waals surface area contributed by atoms with Crippen LogP contribution < -0.4 is 5.32 Å². The monoisotopic (exact) mass is 343 g/mol. The highest BCUT2D eigenvalue weighted by Crippen LogP contribution is 2.34. The first-order chi connectivity index (χ1) is 10.0. The van der Waals surface area contributed by atoms with Crippen molar-refractivity contribution in [3.8, 4) is 0 Å². The lowest BCUT2D eigenvalue weighted by atomic mass is 9.96. The number of alkyl halides is 1. The molecule has 0 aliphatic carbocycles. The highest BCUT2D eigenvalue weighted by Gasteiger charge is 2.17. The van der Waals surface area contributed by atoms with Crippen LogP contribution in [0, 0.1) is 13.8 Å². The van der Waals surface area contributed by atoms with Gasteiger partial charge in [-0.05, 0) is 43.0 Å². The SMILES string of the molecule is Cc1cc(C)cc(C(Br)c2ccc3c(c2)CCC(=O)N3)c1. The second kappa shape index (κ2) is 5.64. The van der Waals surface area contributed by atoms with Crippen molar-refractivity contribution in [1.82, 2.24) is 0 Å². The number of hydrogen-bond acceptors (Lipinski definition) is 1. The van der Waals surface area contributed by atoms with Gasteiger partial charge in [0.1, 0.15) is 0 Å². The van der Waals surface area contributed by atoms with Gasteiger partial charge in [0.05, 0.1) is 4.83 Å². The van der Waals surface area contributed by atoms with E-state index in [4.69, 9.17) is 0 Å². The molecule has 1 heterocycles. The molecule has 0 aromatic heterocycles. The first kappa shape index (κ1) is 14.3. The van der Waals surface area contributed by atoms with E-state index in [0.717, 1.165) is 12.1 Å². The minimum absolute atomic E-state index is 0.111. The molecule has 2 nitrogen and oxygen atoms in total. The zero-order valence-corrected chi connectivity index (χ0v) is 13.8. The first-order valence-corrected chi connectivity index (χ1v) is 8.09. The molecule has 1 N–H and O–H groups in total. The van der Waals surface area contributed by atoms with Gasteiger partial charge < -0.3 is 5.32 Å². The molecule has 2 aromatic carbocycles. The lowest BCUT2D eigenvalue weighted by Gasteiger charge is -2.19. The van der Waals surface area contributed by atoms with E-state index in [2.05, 4.69) is 65.4 Å². The highest BCUT2D eigenvalue weighted by molar-refractivity contribution is 9.09. The van der Waals surface area contributed by atoms with Crippen molar-refractivity contribution in [3.05, 3.63) is 64.2 Å². The molecule has 1 unspecified atom stereocenters. The van der Waals surface area contributed by atoms with Crippen molar-refractivity contribution in [3.63, 3.8) is 0 Å². The Bertz CT molecular complexity index is 688. The summed E-state index contributed by atoms with van der Waals surface area (Å²) < 4.78 is 0. The fourth-order valence-electron chi connectivity index (χ4n) is 2.91. The van der Waals surface area contributed by atoms with Crippen LogP contribution in [0.5, 0.6) is 0 Å². The minimum Gasteiger partial charge on any atom is -0.326 e. The molecule has 0 saturated carbocycles. The average molecular weight is 344 g/mol. The Labute approximate surface area is 133 Å². The number of fused-ring (bicyclic) bond motifs is 1. The quantitative estimate of drug-likeness (QED) is 0.788. The standard InChI is InChI=1S/C18H18BrNO/c1-11-7-12(2)9-15(8-11)18(19)14-3-5-16-13(10-14)4-6-17(21)20-16/h3,5,7-10,18H,4,6H2,1-2H3,(H,20,21). The van der Waals surface area contributed by atoms with E-state index in [1.54, 1.807) is 0 Å². The van der Waals surface area contributed by atoms with Crippen LogP contribution in [-0.4, -0.2) is 5.91 Å². The number of nitrogens with one attached hydrogen (secondary N) is 1. The lowest BCUT2D eigenvalue weighted by molar-refractivity contribution is -0.116. The lowest BCUT2D eigenvalue weighted by Crippen LogP contribution is -2.19. The van der Waals surface area contributed by atoms with E-state index in [1.165, 1.54) is 27.8 Å². The van der Waals surface area contributed by atoms with Crippen molar-refractivity contribution in [1.29, 1.82) is 0 Å². The molecular formula is C18H18BrNO. The van der Waals surface area contributed by atoms with Crippen LogP contribution in [0.25, 0.3) is 0 Å². The van der Waals surface area contributed by atoms with E-state index in [1.807, 2.05) is 6.07 Å². The van der Waals surface area contributed by atoms with Crippen LogP contribution in [0.15, 0.2) is 36.4 Å². The number of rotatable bonds is 2. The summed E-state index contributed by atoms with van der Waals surface area (Å²) >= 11 is 3.81. The van der Waals surface area contributed by atoms with Crippen molar-refractivity contribution >= 4 is 27.5 Å². The summed E-state index contributed by atoms with van der Waals surface area (Å²) in [6.07, 6.45) is 1.40. The normalized spacial score (nSPS) is 15.3. The zero-order chi connectivity index (χ0) is 15.0. The molecular weight excluding hydrogens is 326 g/mol. The van der Waals surface area contributed by atoms with Crippen LogP contribution in [0.3, 0.4) is 0 Å². The summed E-state index contributed by atoms with van der Waals surface area (Å²) in [4.78, 5) is 11.6. The fourth-order valence-corrected chi connectivity index (χ4v) is 3.46. The smallest absolute Gasteiger partial charge is 0.224 e. The fraction of sp³-hybridized carbons (Fsp3) is 0.278. The number of benzene rings is 2. The first-order valence-electron chi connectivity index (χ1n) is 7.18. The third-order valence-electron chi connectivity index (χ3n) is 3.85. The Morgan fingerprint density at radius 2 is 1.71 bits per heavy atom. The molecule has 1 atom stereocenters. The van der Waals surface area contributed by atoms with Gasteiger partial charge in [0.2, 0.25) is 5.91 Å². The Morgan fingerprint density at radius 3 is 2.43 bits per heavy atom. The number of anilines is 1. The van der Waals surface area contributed by atoms with Gasteiger partial charge in [-0.2, -0.15) is 0 Å². The van der Waals surface area contributed by atoms with E-state index >= 15 is 0 Å². The number of amides is 1. The summed E-state index contributed by atoms with van der Waals surface area (Å²) in [5.74, 6) is 0.111. The third-order valence-corrected chi connectivity index (χ3v) is 4.91. The minimum atomic E-state index is 0.111. The van der Waals surface area contributed by atoms with Gasteiger partial charge >= 0.3 is 0 Å². The maximum absolute atomic E-state index is 11.4. The zero-order valence-electron chi connectivity index (χ0n) is 12.2. The Morgan fingerprint density at radius 1 is 1.00 bits per heavy atom. The molecule has 1 aliphatic rings. The van der Waals surface area contributed by atoms with Gasteiger partial charge in [-0.1, -0.05) is 57.4 Å². The van der Waals surface area contributed by atoms with Gasteiger partial charge in [-0.3, -0.25) is 4.79 Å². The number of hydrogen-bond donors (Lipinski definition) is 1. The molecule has 0 radical (unpaired) electrons. The summed E-state index contributed by atoms with van der Waals surface area (Å²) in [6, 6.07) is 12.9.